The van der Waals surface area contributed by atoms with Crippen LogP contribution in [-0.4, -0.2) is 43.9 Å². The molecule has 0 aliphatic rings. The minimum Gasteiger partial charge on any atom is -0.469 e. The lowest BCUT2D eigenvalue weighted by atomic mass is 10.1. The standard InChI is InChI=1S/C27H24O9/c1-17(15-24(29)33-3)26(31)35-21-10-5-19(6-11-21)7-14-23(28)20-8-12-22(13-9-20)36-27(32)18(2)16-25(30)34-4/h5-14H,1-2,15-16H2,3-4H3/b14-7+. The number of rotatable bonds is 11. The molecule has 0 radical (unpaired) electrons. The quantitative estimate of drug-likeness (QED) is 0.200. The van der Waals surface area contributed by atoms with Gasteiger partial charge in [0.05, 0.1) is 27.1 Å². The lowest BCUT2D eigenvalue weighted by molar-refractivity contribution is -0.142. The highest BCUT2D eigenvalue weighted by atomic mass is 16.5. The molecule has 0 unspecified atom stereocenters. The van der Waals surface area contributed by atoms with Crippen LogP contribution in [0.2, 0.25) is 0 Å². The summed E-state index contributed by atoms with van der Waals surface area (Å²) in [7, 11) is 2.41. The zero-order valence-corrected chi connectivity index (χ0v) is 19.8. The zero-order valence-electron chi connectivity index (χ0n) is 19.8. The van der Waals surface area contributed by atoms with E-state index < -0.39 is 23.9 Å². The van der Waals surface area contributed by atoms with Gasteiger partial charge in [-0.3, -0.25) is 14.4 Å². The number of hydrogen-bond acceptors (Lipinski definition) is 9. The highest BCUT2D eigenvalue weighted by molar-refractivity contribution is 6.07. The molecule has 0 amide bonds. The highest BCUT2D eigenvalue weighted by Crippen LogP contribution is 2.18. The molecule has 0 N–H and O–H groups in total. The van der Waals surface area contributed by atoms with Gasteiger partial charge in [0.1, 0.15) is 11.5 Å². The first kappa shape index (κ1) is 27.5. The van der Waals surface area contributed by atoms with Crippen molar-refractivity contribution in [1.82, 2.24) is 0 Å². The number of methoxy groups -OCH3 is 2. The molecule has 0 saturated carbocycles. The highest BCUT2D eigenvalue weighted by Gasteiger charge is 2.15. The van der Waals surface area contributed by atoms with Crippen LogP contribution < -0.4 is 9.47 Å². The van der Waals surface area contributed by atoms with Crippen LogP contribution in [0.3, 0.4) is 0 Å². The van der Waals surface area contributed by atoms with Gasteiger partial charge in [-0.05, 0) is 48.0 Å². The maximum Gasteiger partial charge on any atom is 0.339 e. The summed E-state index contributed by atoms with van der Waals surface area (Å²) >= 11 is 0. The van der Waals surface area contributed by atoms with Crippen molar-refractivity contribution in [2.45, 2.75) is 12.8 Å². The first-order valence-electron chi connectivity index (χ1n) is 10.5. The maximum absolute atomic E-state index is 12.4. The minimum absolute atomic E-state index is 0.0386. The van der Waals surface area contributed by atoms with Crippen molar-refractivity contribution in [1.29, 1.82) is 0 Å². The fraction of sp³-hybridized carbons (Fsp3) is 0.148. The molecule has 2 aromatic rings. The molecule has 186 valence electrons. The summed E-state index contributed by atoms with van der Waals surface area (Å²) < 4.78 is 19.2. The van der Waals surface area contributed by atoms with Crippen LogP contribution in [-0.2, 0) is 28.7 Å². The zero-order chi connectivity index (χ0) is 26.7. The lowest BCUT2D eigenvalue weighted by Gasteiger charge is -2.06. The molecule has 0 aliphatic heterocycles. The van der Waals surface area contributed by atoms with Crippen molar-refractivity contribution in [2.75, 3.05) is 14.2 Å². The van der Waals surface area contributed by atoms with Crippen molar-refractivity contribution in [2.24, 2.45) is 0 Å². The number of ketones is 1. The molecule has 0 fully saturated rings. The second-order valence-corrected chi connectivity index (χ2v) is 7.28. The summed E-state index contributed by atoms with van der Waals surface area (Å²) in [5, 5.41) is 0. The molecule has 0 atom stereocenters. The summed E-state index contributed by atoms with van der Waals surface area (Å²) in [5.41, 5.74) is 0.931. The molecule has 9 nitrogen and oxygen atoms in total. The SMILES string of the molecule is C=C(CC(=O)OC)C(=O)Oc1ccc(/C=C/C(=O)c2ccc(OC(=O)C(=C)CC(=O)OC)cc2)cc1. The van der Waals surface area contributed by atoms with E-state index in [9.17, 15) is 24.0 Å². The second kappa shape index (κ2) is 13.2. The molecule has 0 bridgehead atoms. The third-order valence-electron chi connectivity index (χ3n) is 4.62. The molecule has 2 aromatic carbocycles. The second-order valence-electron chi connectivity index (χ2n) is 7.28. The van der Waals surface area contributed by atoms with Gasteiger partial charge < -0.3 is 18.9 Å². The third-order valence-corrected chi connectivity index (χ3v) is 4.62. The predicted octanol–water partition coefficient (Wildman–Crippen LogP) is 3.63. The Balaban J connectivity index is 1.92. The molecular weight excluding hydrogens is 468 g/mol. The van der Waals surface area contributed by atoms with Crippen LogP contribution in [0, 0.1) is 0 Å². The molecule has 9 heteroatoms. The average Bonchev–Trinajstić information content (AvgIpc) is 2.88. The smallest absolute Gasteiger partial charge is 0.339 e. The van der Waals surface area contributed by atoms with Crippen LogP contribution in [0.4, 0.5) is 0 Å². The Morgan fingerprint density at radius 1 is 0.694 bits per heavy atom. The van der Waals surface area contributed by atoms with E-state index >= 15 is 0 Å². The monoisotopic (exact) mass is 492 g/mol. The Bertz CT molecular complexity index is 1200. The predicted molar refractivity (Wildman–Crippen MR) is 129 cm³/mol. The normalized spacial score (nSPS) is 10.3. The molecule has 36 heavy (non-hydrogen) atoms. The van der Waals surface area contributed by atoms with E-state index in [0.717, 1.165) is 0 Å². The molecule has 0 heterocycles. The van der Waals surface area contributed by atoms with E-state index in [0.29, 0.717) is 11.1 Å². The fourth-order valence-corrected chi connectivity index (χ4v) is 2.60. The topological polar surface area (TPSA) is 122 Å². The Kier molecular flexibility index (Phi) is 10.1. The molecule has 0 aromatic heterocycles. The summed E-state index contributed by atoms with van der Waals surface area (Å²) in [6, 6.07) is 12.2. The lowest BCUT2D eigenvalue weighted by Crippen LogP contribution is -2.14. The molecule has 2 rings (SSSR count). The Morgan fingerprint density at radius 2 is 1.11 bits per heavy atom. The van der Waals surface area contributed by atoms with E-state index in [1.807, 2.05) is 0 Å². The minimum atomic E-state index is -0.777. The summed E-state index contributed by atoms with van der Waals surface area (Å²) in [6.07, 6.45) is 2.38. The van der Waals surface area contributed by atoms with Crippen molar-refractivity contribution < 1.29 is 42.9 Å². The van der Waals surface area contributed by atoms with Gasteiger partial charge in [0.15, 0.2) is 5.78 Å². The maximum atomic E-state index is 12.4. The van der Waals surface area contributed by atoms with Gasteiger partial charge in [0.2, 0.25) is 0 Å². The van der Waals surface area contributed by atoms with Gasteiger partial charge in [0, 0.05) is 16.7 Å². The Hall–Kier alpha value is -4.79. The van der Waals surface area contributed by atoms with Crippen LogP contribution in [0.1, 0.15) is 28.8 Å². The number of hydrogen-bond donors (Lipinski definition) is 0. The summed E-state index contributed by atoms with van der Waals surface area (Å²) in [6.45, 7) is 7.00. The van der Waals surface area contributed by atoms with Crippen LogP contribution in [0.15, 0.2) is 78.9 Å². The van der Waals surface area contributed by atoms with E-state index in [-0.39, 0.29) is 41.3 Å². The van der Waals surface area contributed by atoms with Gasteiger partial charge in [-0.2, -0.15) is 0 Å². The number of esters is 4. The van der Waals surface area contributed by atoms with Crippen molar-refractivity contribution in [3.8, 4) is 11.5 Å². The van der Waals surface area contributed by atoms with Crippen molar-refractivity contribution in [3.05, 3.63) is 90.0 Å². The molecular formula is C27H24O9. The van der Waals surface area contributed by atoms with Crippen LogP contribution in [0.5, 0.6) is 11.5 Å². The van der Waals surface area contributed by atoms with E-state index in [1.54, 1.807) is 18.2 Å². The average molecular weight is 492 g/mol. The van der Waals surface area contributed by atoms with Gasteiger partial charge >= 0.3 is 23.9 Å². The Labute approximate surface area is 207 Å². The number of ether oxygens (including phenoxy) is 4. The third kappa shape index (κ3) is 8.53. The number of benzene rings is 2. The molecule has 0 spiro atoms. The number of carbonyl (C=O) groups is 5. The molecule has 0 aliphatic carbocycles. The number of carbonyl (C=O) groups excluding carboxylic acids is 5. The van der Waals surface area contributed by atoms with Gasteiger partial charge in [0.25, 0.3) is 0 Å². The first-order chi connectivity index (χ1) is 17.1. The van der Waals surface area contributed by atoms with Crippen LogP contribution >= 0.6 is 0 Å². The van der Waals surface area contributed by atoms with E-state index in [1.165, 1.54) is 56.7 Å². The van der Waals surface area contributed by atoms with E-state index in [4.69, 9.17) is 9.47 Å². The largest absolute Gasteiger partial charge is 0.469 e. The fourth-order valence-electron chi connectivity index (χ4n) is 2.60. The summed E-state index contributed by atoms with van der Waals surface area (Å²) in [4.78, 5) is 58.8. The summed E-state index contributed by atoms with van der Waals surface area (Å²) in [5.74, 6) is -2.60. The van der Waals surface area contributed by atoms with E-state index in [2.05, 4.69) is 22.6 Å². The van der Waals surface area contributed by atoms with Gasteiger partial charge in [-0.15, -0.1) is 0 Å². The van der Waals surface area contributed by atoms with Gasteiger partial charge in [-0.25, -0.2) is 9.59 Å². The number of allylic oxidation sites excluding steroid dienone is 1. The van der Waals surface area contributed by atoms with Crippen molar-refractivity contribution in [3.63, 3.8) is 0 Å². The molecule has 0 saturated heterocycles. The Morgan fingerprint density at radius 3 is 1.53 bits per heavy atom. The van der Waals surface area contributed by atoms with Crippen LogP contribution in [0.25, 0.3) is 6.08 Å². The van der Waals surface area contributed by atoms with Crippen molar-refractivity contribution >= 4 is 35.7 Å². The van der Waals surface area contributed by atoms with Gasteiger partial charge in [-0.1, -0.05) is 31.4 Å². The first-order valence-corrected chi connectivity index (χ1v) is 10.5.